The third-order valence-electron chi connectivity index (χ3n) is 6.02. The minimum atomic E-state index is -1.17. The van der Waals surface area contributed by atoms with Crippen LogP contribution >= 0.6 is 7.92 Å². The van der Waals surface area contributed by atoms with Crippen molar-refractivity contribution in [1.82, 2.24) is 0 Å². The first-order valence-corrected chi connectivity index (χ1v) is 12.6. The van der Waals surface area contributed by atoms with E-state index in [-0.39, 0.29) is 22.3 Å². The lowest BCUT2D eigenvalue weighted by Gasteiger charge is -2.29. The molecule has 3 rings (SSSR count). The van der Waals surface area contributed by atoms with Crippen molar-refractivity contribution in [3.8, 4) is 11.5 Å². The van der Waals surface area contributed by atoms with Crippen LogP contribution in [0, 0.1) is 20.8 Å². The summed E-state index contributed by atoms with van der Waals surface area (Å²) < 4.78 is 0. The van der Waals surface area contributed by atoms with Crippen LogP contribution in [0.15, 0.2) is 48.5 Å². The summed E-state index contributed by atoms with van der Waals surface area (Å²) in [5.41, 5.74) is 5.86. The Balaban J connectivity index is 2.41. The monoisotopic (exact) mass is 448 g/mol. The van der Waals surface area contributed by atoms with Gasteiger partial charge in [0.25, 0.3) is 0 Å². The summed E-state index contributed by atoms with van der Waals surface area (Å²) in [6.45, 7) is 19.5. The lowest BCUT2D eigenvalue weighted by Crippen LogP contribution is -2.27. The Morgan fingerprint density at radius 2 is 0.969 bits per heavy atom. The Kier molecular flexibility index (Phi) is 6.51. The van der Waals surface area contributed by atoms with Gasteiger partial charge < -0.3 is 10.2 Å². The fourth-order valence-electron chi connectivity index (χ4n) is 4.23. The normalized spacial score (nSPS) is 12.4. The molecule has 0 heterocycles. The number of rotatable bonds is 3. The number of aryl methyl sites for hydroxylation is 3. The third-order valence-corrected chi connectivity index (χ3v) is 8.86. The van der Waals surface area contributed by atoms with Crippen LogP contribution in [0.4, 0.5) is 0 Å². The van der Waals surface area contributed by atoms with Gasteiger partial charge in [-0.15, -0.1) is 0 Å². The van der Waals surface area contributed by atoms with Gasteiger partial charge in [0.05, 0.1) is 0 Å². The molecule has 170 valence electrons. The highest BCUT2D eigenvalue weighted by Crippen LogP contribution is 2.43. The van der Waals surface area contributed by atoms with Crippen molar-refractivity contribution in [3.63, 3.8) is 0 Å². The van der Waals surface area contributed by atoms with Crippen LogP contribution in [-0.4, -0.2) is 10.2 Å². The molecule has 0 aliphatic rings. The topological polar surface area (TPSA) is 40.5 Å². The Morgan fingerprint density at radius 1 is 0.594 bits per heavy atom. The van der Waals surface area contributed by atoms with E-state index in [1.165, 1.54) is 33.1 Å². The molecule has 0 aromatic heterocycles. The minimum Gasteiger partial charge on any atom is -0.507 e. The van der Waals surface area contributed by atoms with Crippen LogP contribution in [0.5, 0.6) is 11.5 Å². The smallest absolute Gasteiger partial charge is 0.123 e. The zero-order valence-electron chi connectivity index (χ0n) is 21.0. The highest BCUT2D eigenvalue weighted by Gasteiger charge is 2.29. The maximum Gasteiger partial charge on any atom is 0.123 e. The summed E-state index contributed by atoms with van der Waals surface area (Å²) in [5.74, 6) is 0.563. The van der Waals surface area contributed by atoms with Crippen LogP contribution in [0.2, 0.25) is 0 Å². The van der Waals surface area contributed by atoms with Gasteiger partial charge in [0.15, 0.2) is 0 Å². The lowest BCUT2D eigenvalue weighted by atomic mass is 9.87. The molecule has 3 aromatic rings. The van der Waals surface area contributed by atoms with Crippen LogP contribution < -0.4 is 15.9 Å². The SMILES string of the molecule is Cc1cc(C)c(P(c2cc(C(C)(C)C)ccc2O)c2cc(C(C)(C)C)ccc2O)c(C)c1. The van der Waals surface area contributed by atoms with E-state index < -0.39 is 7.92 Å². The molecule has 0 aliphatic carbocycles. The molecule has 32 heavy (non-hydrogen) atoms. The third kappa shape index (κ3) is 4.86. The van der Waals surface area contributed by atoms with Crippen molar-refractivity contribution in [2.24, 2.45) is 0 Å². The molecule has 3 heteroatoms. The fourth-order valence-corrected chi connectivity index (χ4v) is 6.95. The maximum atomic E-state index is 11.1. The van der Waals surface area contributed by atoms with Crippen molar-refractivity contribution in [2.75, 3.05) is 0 Å². The zero-order valence-corrected chi connectivity index (χ0v) is 21.9. The number of benzene rings is 3. The van der Waals surface area contributed by atoms with Crippen molar-refractivity contribution in [3.05, 3.63) is 76.3 Å². The van der Waals surface area contributed by atoms with Gasteiger partial charge in [0.1, 0.15) is 11.5 Å². The Labute approximate surface area is 195 Å². The van der Waals surface area contributed by atoms with E-state index in [0.29, 0.717) is 0 Å². The van der Waals surface area contributed by atoms with Gasteiger partial charge in [-0.05, 0) is 91.3 Å². The molecule has 0 unspecified atom stereocenters. The van der Waals surface area contributed by atoms with E-state index in [4.69, 9.17) is 0 Å². The van der Waals surface area contributed by atoms with E-state index in [1.807, 2.05) is 24.3 Å². The molecule has 0 bridgehead atoms. The molecular formula is C29H37O2P. The first-order valence-electron chi connectivity index (χ1n) is 11.2. The van der Waals surface area contributed by atoms with Crippen LogP contribution in [-0.2, 0) is 10.8 Å². The molecule has 0 radical (unpaired) electrons. The zero-order chi connectivity index (χ0) is 24.0. The second-order valence-electron chi connectivity index (χ2n) is 11.0. The van der Waals surface area contributed by atoms with E-state index in [0.717, 1.165) is 10.6 Å². The number of aromatic hydroxyl groups is 2. The maximum absolute atomic E-state index is 11.1. The van der Waals surface area contributed by atoms with E-state index >= 15 is 0 Å². The lowest BCUT2D eigenvalue weighted by molar-refractivity contribution is 0.478. The predicted molar refractivity (Wildman–Crippen MR) is 140 cm³/mol. The summed E-state index contributed by atoms with van der Waals surface area (Å²) in [7, 11) is -1.17. The molecule has 0 spiro atoms. The fraction of sp³-hybridized carbons (Fsp3) is 0.379. The quantitative estimate of drug-likeness (QED) is 0.457. The van der Waals surface area contributed by atoms with Crippen molar-refractivity contribution in [2.45, 2.75) is 73.1 Å². The highest BCUT2D eigenvalue weighted by atomic mass is 31.1. The average Bonchev–Trinajstić information content (AvgIpc) is 2.64. The van der Waals surface area contributed by atoms with Crippen LogP contribution in [0.3, 0.4) is 0 Å². The van der Waals surface area contributed by atoms with Gasteiger partial charge in [0, 0.05) is 10.6 Å². The molecule has 2 nitrogen and oxygen atoms in total. The minimum absolute atomic E-state index is 0.0455. The van der Waals surface area contributed by atoms with Crippen molar-refractivity contribution < 1.29 is 10.2 Å². The molecule has 0 amide bonds. The van der Waals surface area contributed by atoms with Gasteiger partial charge in [-0.3, -0.25) is 0 Å². The second kappa shape index (κ2) is 8.56. The van der Waals surface area contributed by atoms with E-state index in [9.17, 15) is 10.2 Å². The molecule has 0 atom stereocenters. The number of hydrogen-bond acceptors (Lipinski definition) is 2. The summed E-state index contributed by atoms with van der Waals surface area (Å²) in [4.78, 5) is 0. The number of phenols is 2. The van der Waals surface area contributed by atoms with Crippen molar-refractivity contribution >= 4 is 23.8 Å². The van der Waals surface area contributed by atoms with Gasteiger partial charge in [-0.1, -0.05) is 71.4 Å². The summed E-state index contributed by atoms with van der Waals surface area (Å²) in [5, 5.41) is 25.2. The Bertz CT molecular complexity index is 1060. The van der Waals surface area contributed by atoms with Crippen molar-refractivity contribution in [1.29, 1.82) is 0 Å². The van der Waals surface area contributed by atoms with Gasteiger partial charge in [0.2, 0.25) is 0 Å². The first-order chi connectivity index (χ1) is 14.7. The van der Waals surface area contributed by atoms with Gasteiger partial charge >= 0.3 is 0 Å². The molecule has 2 N–H and O–H groups in total. The molecule has 0 fully saturated rings. The molecule has 0 saturated carbocycles. The summed E-state index contributed by atoms with van der Waals surface area (Å²) in [6, 6.07) is 16.3. The second-order valence-corrected chi connectivity index (χ2v) is 13.1. The summed E-state index contributed by atoms with van der Waals surface area (Å²) >= 11 is 0. The van der Waals surface area contributed by atoms with Crippen LogP contribution in [0.25, 0.3) is 0 Å². The highest BCUT2D eigenvalue weighted by molar-refractivity contribution is 7.80. The summed E-state index contributed by atoms with van der Waals surface area (Å²) in [6.07, 6.45) is 0. The Hall–Kier alpha value is -2.31. The molecule has 3 aromatic carbocycles. The molecular weight excluding hydrogens is 411 g/mol. The molecule has 0 aliphatic heterocycles. The first kappa shape index (κ1) is 24.3. The van der Waals surface area contributed by atoms with E-state index in [2.05, 4.69) is 86.6 Å². The average molecular weight is 449 g/mol. The van der Waals surface area contributed by atoms with Gasteiger partial charge in [-0.2, -0.15) is 0 Å². The molecule has 0 saturated heterocycles. The van der Waals surface area contributed by atoms with Gasteiger partial charge in [-0.25, -0.2) is 0 Å². The standard InChI is InChI=1S/C29H37O2P/c1-18-14-19(2)27(20(3)15-18)32(25-16-21(28(4,5)6)10-12-23(25)30)26-17-22(29(7,8)9)11-13-24(26)31/h10-17,30-31H,1-9H3. The van der Waals surface area contributed by atoms with E-state index in [1.54, 1.807) is 0 Å². The largest absolute Gasteiger partial charge is 0.507 e. The number of phenolic OH excluding ortho intramolecular Hbond substituents is 2. The predicted octanol–water partition coefficient (Wildman–Crippen LogP) is 6.38. The Morgan fingerprint density at radius 3 is 1.31 bits per heavy atom. The number of hydrogen-bond donors (Lipinski definition) is 2. The van der Waals surface area contributed by atoms with Crippen LogP contribution in [0.1, 0.15) is 69.4 Å².